The molecule has 3 nitrogen and oxygen atoms in total. The van der Waals surface area contributed by atoms with Crippen LogP contribution in [0.3, 0.4) is 0 Å². The highest BCUT2D eigenvalue weighted by atomic mass is 35.5. The zero-order valence-corrected chi connectivity index (χ0v) is 15.2. The normalized spacial score (nSPS) is 18.3. The van der Waals surface area contributed by atoms with Crippen LogP contribution in [0.15, 0.2) is 57.7 Å². The Morgan fingerprint density at radius 1 is 1.16 bits per heavy atom. The highest BCUT2D eigenvalue weighted by Gasteiger charge is 2.52. The third-order valence-corrected chi connectivity index (χ3v) is 5.50. The third kappa shape index (κ3) is 3.37. The summed E-state index contributed by atoms with van der Waals surface area (Å²) in [5, 5.41) is 1.19. The standard InChI is InChI=1S/C19H13Cl3O3/c20-15-6-14-13(11-4-2-1-3-5-11)7-18(23)25-16(14)8-17(15)24-10-12-9-19(12,21)22/h1-8,12H,9-10H2. The summed E-state index contributed by atoms with van der Waals surface area (Å²) in [7, 11) is 0. The Bertz CT molecular complexity index is 996. The molecule has 6 heteroatoms. The van der Waals surface area contributed by atoms with E-state index in [0.29, 0.717) is 29.4 Å². The lowest BCUT2D eigenvalue weighted by atomic mass is 10.0. The van der Waals surface area contributed by atoms with Crippen LogP contribution in [0.4, 0.5) is 0 Å². The molecule has 0 aliphatic heterocycles. The molecule has 4 rings (SSSR count). The summed E-state index contributed by atoms with van der Waals surface area (Å²) in [6.45, 7) is 0.362. The van der Waals surface area contributed by atoms with Crippen molar-refractivity contribution in [1.29, 1.82) is 0 Å². The Labute approximate surface area is 159 Å². The first-order chi connectivity index (χ1) is 11.9. The van der Waals surface area contributed by atoms with Crippen LogP contribution in [-0.2, 0) is 0 Å². The lowest BCUT2D eigenvalue weighted by Gasteiger charge is -2.11. The number of hydrogen-bond donors (Lipinski definition) is 0. The first-order valence-electron chi connectivity index (χ1n) is 7.77. The van der Waals surface area contributed by atoms with Crippen LogP contribution in [0.5, 0.6) is 5.75 Å². The van der Waals surface area contributed by atoms with Gasteiger partial charge in [-0.2, -0.15) is 0 Å². The van der Waals surface area contributed by atoms with Crippen molar-refractivity contribution < 1.29 is 9.15 Å². The molecule has 0 N–H and O–H groups in total. The van der Waals surface area contributed by atoms with Crippen LogP contribution in [0, 0.1) is 5.92 Å². The monoisotopic (exact) mass is 394 g/mol. The average Bonchev–Trinajstić information content (AvgIpc) is 3.20. The van der Waals surface area contributed by atoms with Gasteiger partial charge >= 0.3 is 5.63 Å². The van der Waals surface area contributed by atoms with E-state index in [-0.39, 0.29) is 5.92 Å². The van der Waals surface area contributed by atoms with Gasteiger partial charge in [0.15, 0.2) is 0 Å². The fourth-order valence-corrected chi connectivity index (χ4v) is 3.49. The van der Waals surface area contributed by atoms with Gasteiger partial charge in [0, 0.05) is 23.4 Å². The maximum atomic E-state index is 12.0. The maximum Gasteiger partial charge on any atom is 0.336 e. The van der Waals surface area contributed by atoms with Crippen molar-refractivity contribution >= 4 is 45.8 Å². The molecule has 1 aliphatic carbocycles. The van der Waals surface area contributed by atoms with E-state index in [1.165, 1.54) is 6.07 Å². The number of ether oxygens (including phenoxy) is 1. The van der Waals surface area contributed by atoms with E-state index in [1.807, 2.05) is 30.3 Å². The number of rotatable bonds is 4. The second-order valence-corrected chi connectivity index (χ2v) is 8.05. The first kappa shape index (κ1) is 16.8. The van der Waals surface area contributed by atoms with Crippen molar-refractivity contribution in [2.24, 2.45) is 5.92 Å². The van der Waals surface area contributed by atoms with Crippen molar-refractivity contribution in [3.63, 3.8) is 0 Å². The fourth-order valence-electron chi connectivity index (χ4n) is 2.77. The molecule has 3 aromatic rings. The molecule has 1 fully saturated rings. The van der Waals surface area contributed by atoms with E-state index >= 15 is 0 Å². The highest BCUT2D eigenvalue weighted by molar-refractivity contribution is 6.50. The second-order valence-electron chi connectivity index (χ2n) is 6.10. The van der Waals surface area contributed by atoms with Gasteiger partial charge in [0.25, 0.3) is 0 Å². The van der Waals surface area contributed by atoms with Crippen molar-refractivity contribution in [3.05, 3.63) is 64.0 Å². The van der Waals surface area contributed by atoms with Crippen LogP contribution in [0.1, 0.15) is 6.42 Å². The molecule has 1 aromatic heterocycles. The van der Waals surface area contributed by atoms with Gasteiger partial charge in [-0.15, -0.1) is 23.2 Å². The van der Waals surface area contributed by atoms with Gasteiger partial charge in [0.05, 0.1) is 11.6 Å². The van der Waals surface area contributed by atoms with Crippen LogP contribution in [0.25, 0.3) is 22.1 Å². The van der Waals surface area contributed by atoms with Gasteiger partial charge in [-0.3, -0.25) is 0 Å². The van der Waals surface area contributed by atoms with Crippen LogP contribution in [-0.4, -0.2) is 10.9 Å². The molecular formula is C19H13Cl3O3. The van der Waals surface area contributed by atoms with E-state index in [0.717, 1.165) is 16.5 Å². The Hall–Kier alpha value is -1.68. The maximum absolute atomic E-state index is 12.0. The Kier molecular flexibility index (Phi) is 4.19. The van der Waals surface area contributed by atoms with E-state index in [4.69, 9.17) is 44.0 Å². The first-order valence-corrected chi connectivity index (χ1v) is 8.91. The van der Waals surface area contributed by atoms with Crippen LogP contribution >= 0.6 is 34.8 Å². The summed E-state index contributed by atoms with van der Waals surface area (Å²) in [5.41, 5.74) is 1.67. The molecule has 0 saturated heterocycles. The zero-order valence-electron chi connectivity index (χ0n) is 13.0. The molecule has 0 spiro atoms. The van der Waals surface area contributed by atoms with E-state index in [2.05, 4.69) is 0 Å². The smallest absolute Gasteiger partial charge is 0.336 e. The quantitative estimate of drug-likeness (QED) is 0.421. The summed E-state index contributed by atoms with van der Waals surface area (Å²) < 4.78 is 10.4. The molecule has 25 heavy (non-hydrogen) atoms. The molecule has 128 valence electrons. The minimum absolute atomic E-state index is 0.0743. The van der Waals surface area contributed by atoms with E-state index < -0.39 is 9.96 Å². The van der Waals surface area contributed by atoms with Crippen molar-refractivity contribution in [3.8, 4) is 16.9 Å². The molecule has 2 aromatic carbocycles. The predicted molar refractivity (Wildman–Crippen MR) is 101 cm³/mol. The molecule has 1 atom stereocenters. The molecule has 1 aliphatic rings. The van der Waals surface area contributed by atoms with Crippen LogP contribution < -0.4 is 10.4 Å². The lowest BCUT2D eigenvalue weighted by Crippen LogP contribution is -2.05. The van der Waals surface area contributed by atoms with Gasteiger partial charge in [-0.25, -0.2) is 4.79 Å². The number of benzene rings is 2. The summed E-state index contributed by atoms with van der Waals surface area (Å²) in [6.07, 6.45) is 0.689. The lowest BCUT2D eigenvalue weighted by molar-refractivity contribution is 0.298. The zero-order chi connectivity index (χ0) is 17.6. The summed E-state index contributed by atoms with van der Waals surface area (Å²) >= 11 is 18.4. The average molecular weight is 396 g/mol. The van der Waals surface area contributed by atoms with Gasteiger partial charge in [-0.05, 0) is 23.6 Å². The number of halogens is 3. The largest absolute Gasteiger partial charge is 0.491 e. The summed E-state index contributed by atoms with van der Waals surface area (Å²) in [6, 6.07) is 14.5. The predicted octanol–water partition coefficient (Wildman–Crippen LogP) is 5.69. The van der Waals surface area contributed by atoms with Crippen molar-refractivity contribution in [2.45, 2.75) is 10.8 Å². The minimum atomic E-state index is -0.712. The highest BCUT2D eigenvalue weighted by Crippen LogP contribution is 2.53. The Balaban J connectivity index is 1.75. The second kappa shape index (κ2) is 6.24. The molecule has 1 heterocycles. The Morgan fingerprint density at radius 2 is 1.88 bits per heavy atom. The molecule has 0 bridgehead atoms. The third-order valence-electron chi connectivity index (χ3n) is 4.28. The summed E-state index contributed by atoms with van der Waals surface area (Å²) in [4.78, 5) is 12.0. The van der Waals surface area contributed by atoms with Gasteiger partial charge < -0.3 is 9.15 Å². The van der Waals surface area contributed by atoms with Crippen LogP contribution in [0.2, 0.25) is 5.02 Å². The molecule has 0 radical (unpaired) electrons. The molecule has 1 unspecified atom stereocenters. The molecule has 0 amide bonds. The number of alkyl halides is 2. The van der Waals surface area contributed by atoms with Gasteiger partial charge in [-0.1, -0.05) is 41.9 Å². The minimum Gasteiger partial charge on any atom is -0.491 e. The SMILES string of the molecule is O=c1cc(-c2ccccc2)c2cc(Cl)c(OCC3CC3(Cl)Cl)cc2o1. The molecule has 1 saturated carbocycles. The fraction of sp³-hybridized carbons (Fsp3) is 0.211. The van der Waals surface area contributed by atoms with Gasteiger partial charge in [0.1, 0.15) is 15.7 Å². The Morgan fingerprint density at radius 3 is 2.56 bits per heavy atom. The number of fused-ring (bicyclic) bond motifs is 1. The van der Waals surface area contributed by atoms with E-state index in [9.17, 15) is 4.79 Å². The van der Waals surface area contributed by atoms with Crippen molar-refractivity contribution in [1.82, 2.24) is 0 Å². The van der Waals surface area contributed by atoms with Crippen molar-refractivity contribution in [2.75, 3.05) is 6.61 Å². The van der Waals surface area contributed by atoms with Gasteiger partial charge in [0.2, 0.25) is 0 Å². The topological polar surface area (TPSA) is 39.4 Å². The number of hydrogen-bond acceptors (Lipinski definition) is 3. The summed E-state index contributed by atoms with van der Waals surface area (Å²) in [5.74, 6) is 0.517. The van der Waals surface area contributed by atoms with E-state index in [1.54, 1.807) is 12.1 Å². The molecular weight excluding hydrogens is 383 g/mol.